The molecule has 8 heteroatoms. The van der Waals surface area contributed by atoms with E-state index in [4.69, 9.17) is 37.3 Å². The van der Waals surface area contributed by atoms with Gasteiger partial charge in [0, 0.05) is 31.8 Å². The summed E-state index contributed by atoms with van der Waals surface area (Å²) in [5, 5.41) is 15.9. The topological polar surface area (TPSA) is 69.0 Å². The average Bonchev–Trinajstić information content (AvgIpc) is 3.14. The molecule has 34 heavy (non-hydrogen) atoms. The van der Waals surface area contributed by atoms with Crippen LogP contribution < -0.4 is 4.74 Å². The number of benzene rings is 2. The van der Waals surface area contributed by atoms with Crippen molar-refractivity contribution in [1.82, 2.24) is 14.7 Å². The summed E-state index contributed by atoms with van der Waals surface area (Å²) in [4.78, 5) is 2.08. The molecule has 1 heterocycles. The van der Waals surface area contributed by atoms with Crippen LogP contribution in [0.4, 0.5) is 0 Å². The highest BCUT2D eigenvalue weighted by Gasteiger charge is 2.22. The van der Waals surface area contributed by atoms with Gasteiger partial charge in [-0.05, 0) is 43.3 Å². The summed E-state index contributed by atoms with van der Waals surface area (Å²) in [6.07, 6.45) is 4.53. The van der Waals surface area contributed by atoms with Gasteiger partial charge in [-0.2, -0.15) is 5.10 Å². The van der Waals surface area contributed by atoms with E-state index < -0.39 is 6.10 Å². The Hall–Kier alpha value is -2.86. The van der Waals surface area contributed by atoms with Crippen molar-refractivity contribution in [3.63, 3.8) is 0 Å². The van der Waals surface area contributed by atoms with E-state index in [9.17, 15) is 5.11 Å². The molecule has 7 nitrogen and oxygen atoms in total. The summed E-state index contributed by atoms with van der Waals surface area (Å²) in [5.74, 6) is 3.66. The summed E-state index contributed by atoms with van der Waals surface area (Å²) < 4.78 is 18.7. The number of halogens is 1. The van der Waals surface area contributed by atoms with E-state index in [1.807, 2.05) is 49.4 Å². The lowest BCUT2D eigenvalue weighted by molar-refractivity contribution is 0.0206. The van der Waals surface area contributed by atoms with E-state index in [0.717, 1.165) is 16.9 Å². The third-order valence-electron chi connectivity index (χ3n) is 5.12. The van der Waals surface area contributed by atoms with Gasteiger partial charge in [-0.3, -0.25) is 4.90 Å². The van der Waals surface area contributed by atoms with Gasteiger partial charge in [0.15, 0.2) is 0 Å². The van der Waals surface area contributed by atoms with Crippen LogP contribution in [0.1, 0.15) is 11.3 Å². The number of aliphatic hydroxyl groups excluding tert-OH is 1. The minimum atomic E-state index is -0.699. The number of terminal acetylenes is 1. The molecule has 180 valence electrons. The standard InChI is InChI=1S/C26H30ClN3O4/c1-4-15-33-19-23(31)17-29(14-16-32-3)18-25-20(2)28-30(22-8-6-5-7-9-22)26(25)34-24-12-10-21(27)11-13-24/h1,5-13,23,31H,14-19H2,2-3H3. The fourth-order valence-corrected chi connectivity index (χ4v) is 3.59. The maximum absolute atomic E-state index is 10.5. The summed E-state index contributed by atoms with van der Waals surface area (Å²) in [6, 6.07) is 17.0. The zero-order valence-corrected chi connectivity index (χ0v) is 20.2. The Morgan fingerprint density at radius 3 is 2.59 bits per heavy atom. The molecule has 1 N–H and O–H groups in total. The Morgan fingerprint density at radius 2 is 1.91 bits per heavy atom. The first-order chi connectivity index (χ1) is 16.5. The van der Waals surface area contributed by atoms with E-state index >= 15 is 0 Å². The monoisotopic (exact) mass is 483 g/mol. The quantitative estimate of drug-likeness (QED) is 0.292. The number of nitrogens with zero attached hydrogens (tertiary/aromatic N) is 3. The van der Waals surface area contributed by atoms with Crippen LogP contribution in [0.5, 0.6) is 11.6 Å². The Balaban J connectivity index is 1.91. The molecule has 0 aliphatic rings. The third-order valence-corrected chi connectivity index (χ3v) is 5.38. The maximum atomic E-state index is 10.5. The van der Waals surface area contributed by atoms with Gasteiger partial charge >= 0.3 is 0 Å². The number of methoxy groups -OCH3 is 1. The van der Waals surface area contributed by atoms with Gasteiger partial charge in [0.1, 0.15) is 12.4 Å². The Kier molecular flexibility index (Phi) is 9.95. The first kappa shape index (κ1) is 25.8. The van der Waals surface area contributed by atoms with Gasteiger partial charge in [-0.15, -0.1) is 6.42 Å². The number of hydrogen-bond donors (Lipinski definition) is 1. The number of para-hydroxylation sites is 1. The second-order valence-electron chi connectivity index (χ2n) is 7.77. The molecular weight excluding hydrogens is 454 g/mol. The van der Waals surface area contributed by atoms with Crippen LogP contribution in [-0.4, -0.2) is 65.9 Å². The van der Waals surface area contributed by atoms with Crippen molar-refractivity contribution in [1.29, 1.82) is 0 Å². The number of aliphatic hydroxyl groups is 1. The van der Waals surface area contributed by atoms with Crippen LogP contribution in [0, 0.1) is 19.3 Å². The Labute approximate surface area is 205 Å². The fraction of sp³-hybridized carbons (Fsp3) is 0.346. The van der Waals surface area contributed by atoms with Crippen LogP contribution in [0.15, 0.2) is 54.6 Å². The van der Waals surface area contributed by atoms with E-state index in [2.05, 4.69) is 10.8 Å². The molecule has 3 aromatic rings. The van der Waals surface area contributed by atoms with Crippen molar-refractivity contribution >= 4 is 11.6 Å². The number of aromatic nitrogens is 2. The molecule has 0 radical (unpaired) electrons. The van der Waals surface area contributed by atoms with Gasteiger partial charge in [0.2, 0.25) is 5.88 Å². The molecule has 0 amide bonds. The van der Waals surface area contributed by atoms with E-state index in [1.54, 1.807) is 23.9 Å². The lowest BCUT2D eigenvalue weighted by atomic mass is 10.2. The van der Waals surface area contributed by atoms with Crippen LogP contribution in [0.3, 0.4) is 0 Å². The van der Waals surface area contributed by atoms with Crippen molar-refractivity contribution in [3.05, 3.63) is 70.9 Å². The zero-order chi connectivity index (χ0) is 24.3. The summed E-state index contributed by atoms with van der Waals surface area (Å²) in [6.45, 7) is 4.27. The van der Waals surface area contributed by atoms with Gasteiger partial charge in [0.05, 0.1) is 36.3 Å². The minimum absolute atomic E-state index is 0.157. The normalized spacial score (nSPS) is 12.0. The molecule has 1 atom stereocenters. The van der Waals surface area contributed by atoms with Crippen molar-refractivity contribution in [3.8, 4) is 29.7 Å². The molecule has 2 aromatic carbocycles. The van der Waals surface area contributed by atoms with E-state index in [0.29, 0.717) is 42.9 Å². The smallest absolute Gasteiger partial charge is 0.227 e. The van der Waals surface area contributed by atoms with Gasteiger partial charge in [0.25, 0.3) is 0 Å². The van der Waals surface area contributed by atoms with Crippen molar-refractivity contribution in [2.45, 2.75) is 19.6 Å². The molecule has 0 spiro atoms. The number of ether oxygens (including phenoxy) is 3. The lowest BCUT2D eigenvalue weighted by Crippen LogP contribution is -2.36. The fourth-order valence-electron chi connectivity index (χ4n) is 3.47. The largest absolute Gasteiger partial charge is 0.439 e. The predicted molar refractivity (Wildman–Crippen MR) is 133 cm³/mol. The van der Waals surface area contributed by atoms with E-state index in [-0.39, 0.29) is 13.2 Å². The van der Waals surface area contributed by atoms with Crippen molar-refractivity contribution in [2.24, 2.45) is 0 Å². The molecule has 3 rings (SSSR count). The predicted octanol–water partition coefficient (Wildman–Crippen LogP) is 4.09. The molecule has 0 fully saturated rings. The molecule has 0 saturated heterocycles. The molecule has 0 aliphatic carbocycles. The molecular formula is C26H30ClN3O4. The van der Waals surface area contributed by atoms with Gasteiger partial charge in [-0.1, -0.05) is 35.7 Å². The molecule has 1 aromatic heterocycles. The van der Waals surface area contributed by atoms with Crippen LogP contribution >= 0.6 is 11.6 Å². The average molecular weight is 484 g/mol. The first-order valence-electron chi connectivity index (χ1n) is 11.0. The second-order valence-corrected chi connectivity index (χ2v) is 8.21. The molecule has 0 bridgehead atoms. The highest BCUT2D eigenvalue weighted by molar-refractivity contribution is 6.30. The van der Waals surface area contributed by atoms with Crippen LogP contribution in [0.2, 0.25) is 5.02 Å². The Morgan fingerprint density at radius 1 is 1.18 bits per heavy atom. The van der Waals surface area contributed by atoms with E-state index in [1.165, 1.54) is 0 Å². The summed E-state index contributed by atoms with van der Waals surface area (Å²) in [5.41, 5.74) is 2.62. The maximum Gasteiger partial charge on any atom is 0.227 e. The van der Waals surface area contributed by atoms with Gasteiger partial charge < -0.3 is 19.3 Å². The van der Waals surface area contributed by atoms with Crippen molar-refractivity contribution < 1.29 is 19.3 Å². The van der Waals surface area contributed by atoms with Crippen molar-refractivity contribution in [2.75, 3.05) is 40.0 Å². The molecule has 0 aliphatic heterocycles. The molecule has 0 saturated carbocycles. The minimum Gasteiger partial charge on any atom is -0.439 e. The summed E-state index contributed by atoms with van der Waals surface area (Å²) in [7, 11) is 1.65. The summed E-state index contributed by atoms with van der Waals surface area (Å²) >= 11 is 6.05. The molecule has 1 unspecified atom stereocenters. The van der Waals surface area contributed by atoms with Gasteiger partial charge in [-0.25, -0.2) is 4.68 Å². The SMILES string of the molecule is C#CCOCC(O)CN(CCOC)Cc1c(C)nn(-c2ccccc2)c1Oc1ccc(Cl)cc1. The van der Waals surface area contributed by atoms with Crippen LogP contribution in [-0.2, 0) is 16.0 Å². The first-order valence-corrected chi connectivity index (χ1v) is 11.4. The number of aryl methyl sites for hydroxylation is 1. The lowest BCUT2D eigenvalue weighted by Gasteiger charge is -2.25. The number of hydrogen-bond acceptors (Lipinski definition) is 6. The highest BCUT2D eigenvalue weighted by Crippen LogP contribution is 2.32. The van der Waals surface area contributed by atoms with Crippen LogP contribution in [0.25, 0.3) is 5.69 Å². The zero-order valence-electron chi connectivity index (χ0n) is 19.5. The highest BCUT2D eigenvalue weighted by atomic mass is 35.5. The second kappa shape index (κ2) is 13.1. The Bertz CT molecular complexity index is 1060. The number of rotatable bonds is 13. The third kappa shape index (κ3) is 7.32.